The molecular formula is C28H46O3. The molecule has 3 heteroatoms. The molecule has 0 saturated heterocycles. The van der Waals surface area contributed by atoms with Crippen LogP contribution in [0.25, 0.3) is 0 Å². The average Bonchev–Trinajstić information content (AvgIpc) is 3.04. The van der Waals surface area contributed by atoms with E-state index in [1.165, 1.54) is 32.1 Å². The molecule has 0 bridgehead atoms. The third-order valence-electron chi connectivity index (χ3n) is 8.97. The maximum absolute atomic E-state index is 10.4. The van der Waals surface area contributed by atoms with Crippen LogP contribution in [0.1, 0.15) is 92.4 Å². The number of allylic oxidation sites excluding steroid dienone is 3. The van der Waals surface area contributed by atoms with Gasteiger partial charge < -0.3 is 15.3 Å². The molecule has 3 aliphatic rings. The molecule has 31 heavy (non-hydrogen) atoms. The minimum atomic E-state index is -0.648. The Morgan fingerprint density at radius 1 is 1.23 bits per heavy atom. The van der Waals surface area contributed by atoms with Crippen LogP contribution in [0.3, 0.4) is 0 Å². The topological polar surface area (TPSA) is 60.7 Å². The van der Waals surface area contributed by atoms with Crippen LogP contribution >= 0.6 is 0 Å². The van der Waals surface area contributed by atoms with Crippen molar-refractivity contribution >= 4 is 0 Å². The van der Waals surface area contributed by atoms with E-state index >= 15 is 0 Å². The number of fused-ring (bicyclic) bond motifs is 1. The fourth-order valence-electron chi connectivity index (χ4n) is 6.91. The molecule has 1 unspecified atom stereocenters. The molecule has 0 radical (unpaired) electrons. The number of hydrogen-bond donors (Lipinski definition) is 3. The molecule has 0 aromatic carbocycles. The highest BCUT2D eigenvalue weighted by Crippen LogP contribution is 2.60. The first kappa shape index (κ1) is 24.7. The third kappa shape index (κ3) is 5.37. The summed E-state index contributed by atoms with van der Waals surface area (Å²) in [5.74, 6) is 1.94. The van der Waals surface area contributed by atoms with Crippen LogP contribution in [-0.4, -0.2) is 33.1 Å². The van der Waals surface area contributed by atoms with Gasteiger partial charge in [0.25, 0.3) is 0 Å². The van der Waals surface area contributed by atoms with Crippen LogP contribution in [0.4, 0.5) is 0 Å². The Bertz CT molecular complexity index is 712. The van der Waals surface area contributed by atoms with E-state index in [-0.39, 0.29) is 5.92 Å². The Labute approximate surface area is 190 Å². The first-order valence-corrected chi connectivity index (χ1v) is 12.6. The molecule has 0 aliphatic heterocycles. The summed E-state index contributed by atoms with van der Waals surface area (Å²) in [6, 6.07) is 0. The normalized spacial score (nSPS) is 40.4. The Balaban J connectivity index is 1.71. The van der Waals surface area contributed by atoms with E-state index in [1.54, 1.807) is 5.57 Å². The van der Waals surface area contributed by atoms with Gasteiger partial charge in [-0.3, -0.25) is 0 Å². The molecule has 3 aliphatic carbocycles. The smallest absolute Gasteiger partial charge is 0.0837 e. The summed E-state index contributed by atoms with van der Waals surface area (Å²) < 4.78 is 0. The quantitative estimate of drug-likeness (QED) is 0.488. The van der Waals surface area contributed by atoms with Crippen molar-refractivity contribution in [2.75, 3.05) is 0 Å². The second-order valence-electron chi connectivity index (χ2n) is 11.8. The summed E-state index contributed by atoms with van der Waals surface area (Å²) >= 11 is 0. The van der Waals surface area contributed by atoms with Gasteiger partial charge in [0.05, 0.1) is 17.8 Å². The van der Waals surface area contributed by atoms with Gasteiger partial charge in [0, 0.05) is 5.92 Å². The Morgan fingerprint density at radius 3 is 2.61 bits per heavy atom. The van der Waals surface area contributed by atoms with Gasteiger partial charge in [0.1, 0.15) is 0 Å². The largest absolute Gasteiger partial charge is 0.392 e. The molecule has 3 rings (SSSR count). The van der Waals surface area contributed by atoms with E-state index in [4.69, 9.17) is 0 Å². The first-order chi connectivity index (χ1) is 14.4. The zero-order valence-electron chi connectivity index (χ0n) is 20.5. The minimum absolute atomic E-state index is 0.149. The van der Waals surface area contributed by atoms with Crippen LogP contribution in [0.15, 0.2) is 35.5 Å². The van der Waals surface area contributed by atoms with E-state index < -0.39 is 17.8 Å². The van der Waals surface area contributed by atoms with E-state index in [0.717, 1.165) is 36.3 Å². The van der Waals surface area contributed by atoms with Crippen molar-refractivity contribution in [3.8, 4) is 0 Å². The van der Waals surface area contributed by atoms with Crippen molar-refractivity contribution in [3.63, 3.8) is 0 Å². The number of aliphatic hydroxyl groups is 3. The van der Waals surface area contributed by atoms with Crippen molar-refractivity contribution in [2.24, 2.45) is 29.1 Å². The summed E-state index contributed by atoms with van der Waals surface area (Å²) in [5.41, 5.74) is 3.15. The summed E-state index contributed by atoms with van der Waals surface area (Å²) in [6.07, 6.45) is 13.4. The molecule has 0 aromatic rings. The Morgan fingerprint density at radius 2 is 1.94 bits per heavy atom. The van der Waals surface area contributed by atoms with Crippen molar-refractivity contribution in [3.05, 3.63) is 35.5 Å². The molecule has 7 atom stereocenters. The third-order valence-corrected chi connectivity index (χ3v) is 8.97. The second-order valence-corrected chi connectivity index (χ2v) is 11.8. The SMILES string of the molecule is C=C1/C(=C\C=C2/CCC[C@@]3(C)C2CC[C@@H]3[C@H](C)CCCC(C)(C)O)C[C@H](O)[C@@H](C)[C@H]1O. The second kappa shape index (κ2) is 9.53. The molecule has 0 aromatic heterocycles. The van der Waals surface area contributed by atoms with Crippen LogP contribution in [0, 0.1) is 29.1 Å². The standard InChI is InChI=1S/C28H46O3/c1-18(9-7-15-27(4,5)31)23-13-14-24-21(10-8-16-28(23,24)6)11-12-22-17-25(29)20(3)26(30)19(22)2/h11-12,18,20,23-26,29-31H,2,7-10,13-17H2,1,3-6H3/b21-11+,22-12-/t18-,20-,23-,24?,25+,26+,28-/m1/s1. The van der Waals surface area contributed by atoms with Crippen molar-refractivity contribution in [1.29, 1.82) is 0 Å². The van der Waals surface area contributed by atoms with E-state index in [9.17, 15) is 15.3 Å². The number of rotatable bonds is 6. The molecular weight excluding hydrogens is 384 g/mol. The molecule has 0 amide bonds. The van der Waals surface area contributed by atoms with Crippen molar-refractivity contribution in [1.82, 2.24) is 0 Å². The Hall–Kier alpha value is -0.900. The van der Waals surface area contributed by atoms with Crippen LogP contribution in [0.5, 0.6) is 0 Å². The highest BCUT2D eigenvalue weighted by atomic mass is 16.3. The summed E-state index contributed by atoms with van der Waals surface area (Å²) in [6.45, 7) is 14.8. The van der Waals surface area contributed by atoms with Gasteiger partial charge in [-0.2, -0.15) is 0 Å². The van der Waals surface area contributed by atoms with Crippen molar-refractivity contribution < 1.29 is 15.3 Å². The average molecular weight is 431 g/mol. The molecule has 3 saturated carbocycles. The molecule has 0 spiro atoms. The van der Waals surface area contributed by atoms with Gasteiger partial charge in [0.15, 0.2) is 0 Å². The Kier molecular flexibility index (Phi) is 7.61. The molecule has 176 valence electrons. The zero-order chi connectivity index (χ0) is 23.0. The highest BCUT2D eigenvalue weighted by Gasteiger charge is 2.50. The maximum Gasteiger partial charge on any atom is 0.0837 e. The molecule has 3 N–H and O–H groups in total. The lowest BCUT2D eigenvalue weighted by Gasteiger charge is -2.44. The molecule has 3 nitrogen and oxygen atoms in total. The maximum atomic E-state index is 10.4. The van der Waals surface area contributed by atoms with Crippen LogP contribution in [0.2, 0.25) is 0 Å². The lowest BCUT2D eigenvalue weighted by atomic mass is 9.60. The summed E-state index contributed by atoms with van der Waals surface area (Å²) in [4.78, 5) is 0. The lowest BCUT2D eigenvalue weighted by molar-refractivity contribution is 0.0283. The fraction of sp³-hybridized carbons (Fsp3) is 0.786. The first-order valence-electron chi connectivity index (χ1n) is 12.6. The van der Waals surface area contributed by atoms with E-state index in [1.807, 2.05) is 20.8 Å². The van der Waals surface area contributed by atoms with Gasteiger partial charge in [-0.25, -0.2) is 0 Å². The molecule has 0 heterocycles. The van der Waals surface area contributed by atoms with Gasteiger partial charge in [0.2, 0.25) is 0 Å². The van der Waals surface area contributed by atoms with Gasteiger partial charge in [-0.05, 0) is 93.1 Å². The van der Waals surface area contributed by atoms with E-state index in [0.29, 0.717) is 23.7 Å². The van der Waals surface area contributed by atoms with Crippen LogP contribution < -0.4 is 0 Å². The van der Waals surface area contributed by atoms with E-state index in [2.05, 4.69) is 32.6 Å². The molecule has 3 fully saturated rings. The summed E-state index contributed by atoms with van der Waals surface area (Å²) in [5, 5.41) is 30.7. The zero-order valence-corrected chi connectivity index (χ0v) is 20.5. The van der Waals surface area contributed by atoms with Gasteiger partial charge in [-0.15, -0.1) is 0 Å². The van der Waals surface area contributed by atoms with Gasteiger partial charge >= 0.3 is 0 Å². The number of hydrogen-bond acceptors (Lipinski definition) is 3. The number of aliphatic hydroxyl groups excluding tert-OH is 2. The lowest BCUT2D eigenvalue weighted by Crippen LogP contribution is -2.36. The fourth-order valence-corrected chi connectivity index (χ4v) is 6.91. The van der Waals surface area contributed by atoms with Crippen molar-refractivity contribution in [2.45, 2.75) is 110 Å². The monoisotopic (exact) mass is 430 g/mol. The highest BCUT2D eigenvalue weighted by molar-refractivity contribution is 5.39. The summed E-state index contributed by atoms with van der Waals surface area (Å²) in [7, 11) is 0. The minimum Gasteiger partial charge on any atom is -0.392 e. The predicted octanol–water partition coefficient (Wildman–Crippen LogP) is 5.95. The predicted molar refractivity (Wildman–Crippen MR) is 129 cm³/mol. The van der Waals surface area contributed by atoms with Gasteiger partial charge in [-0.1, -0.05) is 57.9 Å². The van der Waals surface area contributed by atoms with Crippen LogP contribution in [-0.2, 0) is 0 Å².